The molecule has 0 N–H and O–H groups in total. The molecule has 68 valence electrons. The fraction of sp³-hybridized carbons (Fsp3) is 0.222. The maximum absolute atomic E-state index is 5.15. The van der Waals surface area contributed by atoms with Gasteiger partial charge in [-0.2, -0.15) is 0 Å². The first kappa shape index (κ1) is 9.87. The summed E-state index contributed by atoms with van der Waals surface area (Å²) in [6.07, 6.45) is 6.56. The average Bonchev–Trinajstić information content (AvgIpc) is 2.52. The van der Waals surface area contributed by atoms with Crippen molar-refractivity contribution in [3.8, 4) is 12.3 Å². The van der Waals surface area contributed by atoms with E-state index < -0.39 is 0 Å². The highest BCUT2D eigenvalue weighted by Gasteiger charge is 2.06. The van der Waals surface area contributed by atoms with Crippen LogP contribution in [0.25, 0.3) is 0 Å². The molecule has 0 saturated carbocycles. The highest BCUT2D eigenvalue weighted by atomic mass is 79.9. The molecule has 0 fully saturated rings. The summed E-state index contributed by atoms with van der Waals surface area (Å²) in [4.78, 5) is 4.79. The van der Waals surface area contributed by atoms with E-state index in [1.54, 1.807) is 19.3 Å². The molecule has 1 heterocycles. The monoisotopic (exact) mass is 241 g/mol. The normalized spacial score (nSPS) is 11.0. The Hall–Kier alpha value is -1.21. The third-order valence-electron chi connectivity index (χ3n) is 1.30. The minimum absolute atomic E-state index is 0.162. The Labute approximate surface area is 84.9 Å². The SMILES string of the molecule is C#CCO/N=C(/C)c1occc1Br. The highest BCUT2D eigenvalue weighted by molar-refractivity contribution is 9.10. The second-order valence-corrected chi connectivity index (χ2v) is 3.11. The minimum atomic E-state index is 0.162. The maximum atomic E-state index is 5.15. The Morgan fingerprint density at radius 2 is 2.62 bits per heavy atom. The largest absolute Gasteiger partial charge is 0.462 e. The topological polar surface area (TPSA) is 34.7 Å². The van der Waals surface area contributed by atoms with Crippen LogP contribution in [0.5, 0.6) is 0 Å². The van der Waals surface area contributed by atoms with E-state index >= 15 is 0 Å². The van der Waals surface area contributed by atoms with Gasteiger partial charge in [-0.05, 0) is 28.9 Å². The van der Waals surface area contributed by atoms with Gasteiger partial charge in [0.15, 0.2) is 12.4 Å². The van der Waals surface area contributed by atoms with E-state index in [1.807, 2.05) is 0 Å². The van der Waals surface area contributed by atoms with Gasteiger partial charge in [-0.25, -0.2) is 0 Å². The number of nitrogens with zero attached hydrogens (tertiary/aromatic N) is 1. The van der Waals surface area contributed by atoms with Crippen molar-refractivity contribution in [1.29, 1.82) is 0 Å². The first-order valence-corrected chi connectivity index (χ1v) is 4.38. The van der Waals surface area contributed by atoms with Gasteiger partial charge in [0.1, 0.15) is 5.71 Å². The summed E-state index contributed by atoms with van der Waals surface area (Å²) in [5, 5.41) is 3.77. The molecule has 0 aliphatic rings. The van der Waals surface area contributed by atoms with Crippen molar-refractivity contribution in [3.05, 3.63) is 22.6 Å². The third-order valence-corrected chi connectivity index (χ3v) is 1.92. The van der Waals surface area contributed by atoms with E-state index in [0.29, 0.717) is 11.5 Å². The summed E-state index contributed by atoms with van der Waals surface area (Å²) in [6.45, 7) is 1.94. The van der Waals surface area contributed by atoms with Gasteiger partial charge in [0.2, 0.25) is 0 Å². The molecule has 0 radical (unpaired) electrons. The fourth-order valence-corrected chi connectivity index (χ4v) is 1.25. The molecule has 0 aliphatic carbocycles. The number of hydrogen-bond acceptors (Lipinski definition) is 3. The van der Waals surface area contributed by atoms with Crippen LogP contribution in [0.3, 0.4) is 0 Å². The van der Waals surface area contributed by atoms with Gasteiger partial charge in [-0.15, -0.1) is 6.42 Å². The van der Waals surface area contributed by atoms with Gasteiger partial charge in [0.25, 0.3) is 0 Å². The van der Waals surface area contributed by atoms with Gasteiger partial charge in [0, 0.05) is 0 Å². The zero-order chi connectivity index (χ0) is 9.68. The van der Waals surface area contributed by atoms with Crippen molar-refractivity contribution in [2.24, 2.45) is 5.16 Å². The van der Waals surface area contributed by atoms with Crippen LogP contribution in [0, 0.1) is 12.3 Å². The number of hydrogen-bond donors (Lipinski definition) is 0. The number of halogens is 1. The molecular weight excluding hydrogens is 234 g/mol. The zero-order valence-corrected chi connectivity index (χ0v) is 8.67. The molecule has 0 saturated heterocycles. The second kappa shape index (κ2) is 4.73. The zero-order valence-electron chi connectivity index (χ0n) is 7.08. The van der Waals surface area contributed by atoms with Crippen LogP contribution in [0.1, 0.15) is 12.7 Å². The van der Waals surface area contributed by atoms with Crippen LogP contribution in [0.2, 0.25) is 0 Å². The number of terminal acetylenes is 1. The van der Waals surface area contributed by atoms with Gasteiger partial charge in [-0.1, -0.05) is 11.1 Å². The lowest BCUT2D eigenvalue weighted by atomic mass is 10.3. The molecule has 1 aromatic heterocycles. The second-order valence-electron chi connectivity index (χ2n) is 2.25. The first-order chi connectivity index (χ1) is 6.25. The molecule has 0 unspecified atom stereocenters. The predicted octanol–water partition coefficient (Wildman–Crippen LogP) is 2.42. The van der Waals surface area contributed by atoms with Crippen LogP contribution in [-0.2, 0) is 4.84 Å². The van der Waals surface area contributed by atoms with Crippen LogP contribution in [0.4, 0.5) is 0 Å². The van der Waals surface area contributed by atoms with Crippen molar-refractivity contribution in [3.63, 3.8) is 0 Å². The van der Waals surface area contributed by atoms with Crippen molar-refractivity contribution in [2.75, 3.05) is 6.61 Å². The van der Waals surface area contributed by atoms with Crippen LogP contribution in [0.15, 0.2) is 26.4 Å². The molecule has 3 nitrogen and oxygen atoms in total. The Bertz CT molecular complexity index is 349. The lowest BCUT2D eigenvalue weighted by molar-refractivity contribution is 0.179. The van der Waals surface area contributed by atoms with Gasteiger partial charge >= 0.3 is 0 Å². The Kier molecular flexibility index (Phi) is 3.59. The molecule has 0 aliphatic heterocycles. The highest BCUT2D eigenvalue weighted by Crippen LogP contribution is 2.18. The molecule has 0 aromatic carbocycles. The quantitative estimate of drug-likeness (QED) is 0.353. The predicted molar refractivity (Wildman–Crippen MR) is 53.4 cm³/mol. The van der Waals surface area contributed by atoms with Crippen LogP contribution >= 0.6 is 15.9 Å². The Morgan fingerprint density at radius 1 is 1.85 bits per heavy atom. The summed E-state index contributed by atoms with van der Waals surface area (Å²) in [5.74, 6) is 2.96. The maximum Gasteiger partial charge on any atom is 0.177 e. The van der Waals surface area contributed by atoms with Crippen LogP contribution in [-0.4, -0.2) is 12.3 Å². The van der Waals surface area contributed by atoms with E-state index in [0.717, 1.165) is 4.47 Å². The summed E-state index contributed by atoms with van der Waals surface area (Å²) in [5.41, 5.74) is 0.645. The summed E-state index contributed by atoms with van der Waals surface area (Å²) >= 11 is 3.31. The molecule has 1 rings (SSSR count). The van der Waals surface area contributed by atoms with Crippen molar-refractivity contribution in [2.45, 2.75) is 6.92 Å². The number of furan rings is 1. The molecule has 0 bridgehead atoms. The lowest BCUT2D eigenvalue weighted by Gasteiger charge is -1.96. The van der Waals surface area contributed by atoms with E-state index in [2.05, 4.69) is 27.0 Å². The summed E-state index contributed by atoms with van der Waals surface area (Å²) in [7, 11) is 0. The molecule has 0 atom stereocenters. The third kappa shape index (κ3) is 2.63. The van der Waals surface area contributed by atoms with E-state index in [4.69, 9.17) is 15.7 Å². The molecule has 4 heteroatoms. The van der Waals surface area contributed by atoms with Crippen molar-refractivity contribution >= 4 is 21.6 Å². The van der Waals surface area contributed by atoms with Crippen LogP contribution < -0.4 is 0 Å². The lowest BCUT2D eigenvalue weighted by Crippen LogP contribution is -1.95. The Balaban J connectivity index is 2.68. The molecule has 0 spiro atoms. The molecule has 1 aromatic rings. The first-order valence-electron chi connectivity index (χ1n) is 3.59. The number of rotatable bonds is 3. The molecular formula is C9H8BrNO2. The number of oxime groups is 1. The molecule has 0 amide bonds. The van der Waals surface area contributed by atoms with Crippen molar-refractivity contribution in [1.82, 2.24) is 0 Å². The van der Waals surface area contributed by atoms with Gasteiger partial charge < -0.3 is 9.25 Å². The summed E-state index contributed by atoms with van der Waals surface area (Å²) in [6, 6.07) is 1.79. The van der Waals surface area contributed by atoms with E-state index in [-0.39, 0.29) is 6.61 Å². The molecule has 13 heavy (non-hydrogen) atoms. The van der Waals surface area contributed by atoms with E-state index in [9.17, 15) is 0 Å². The minimum Gasteiger partial charge on any atom is -0.462 e. The average molecular weight is 242 g/mol. The van der Waals surface area contributed by atoms with E-state index in [1.165, 1.54) is 0 Å². The van der Waals surface area contributed by atoms with Gasteiger partial charge in [-0.3, -0.25) is 0 Å². The Morgan fingerprint density at radius 3 is 3.15 bits per heavy atom. The van der Waals surface area contributed by atoms with Crippen molar-refractivity contribution < 1.29 is 9.25 Å². The van der Waals surface area contributed by atoms with Gasteiger partial charge in [0.05, 0.1) is 10.7 Å². The standard InChI is InChI=1S/C9H8BrNO2/c1-3-5-13-11-7(2)9-8(10)4-6-12-9/h1,4,6H,5H2,2H3/b11-7-. The smallest absolute Gasteiger partial charge is 0.177 e. The summed E-state index contributed by atoms with van der Waals surface area (Å²) < 4.78 is 5.99. The fourth-order valence-electron chi connectivity index (χ4n) is 0.760.